The van der Waals surface area contributed by atoms with Crippen molar-refractivity contribution in [2.45, 2.75) is 47.0 Å². The zero-order valence-electron chi connectivity index (χ0n) is 13.0. The summed E-state index contributed by atoms with van der Waals surface area (Å²) in [6, 6.07) is 6.39. The fourth-order valence-electron chi connectivity index (χ4n) is 2.20. The Morgan fingerprint density at radius 2 is 1.74 bits per heavy atom. The fraction of sp³-hybridized carbons (Fsp3) is 0.647. The number of nitrogens with zero attached hydrogens (tertiary/aromatic N) is 1. The molecule has 0 bridgehead atoms. The smallest absolute Gasteiger partial charge is 0.122 e. The van der Waals surface area contributed by atoms with Gasteiger partial charge in [-0.15, -0.1) is 0 Å². The van der Waals surface area contributed by atoms with Crippen LogP contribution in [0.25, 0.3) is 0 Å². The van der Waals surface area contributed by atoms with Crippen LogP contribution in [0.3, 0.4) is 0 Å². The molecule has 1 aromatic rings. The lowest BCUT2D eigenvalue weighted by atomic mass is 10.1. The Morgan fingerprint density at radius 3 is 2.42 bits per heavy atom. The van der Waals surface area contributed by atoms with E-state index in [4.69, 9.17) is 4.74 Å². The van der Waals surface area contributed by atoms with Crippen LogP contribution in [0.15, 0.2) is 18.2 Å². The van der Waals surface area contributed by atoms with E-state index in [0.717, 1.165) is 31.9 Å². The van der Waals surface area contributed by atoms with Gasteiger partial charge in [-0.2, -0.15) is 0 Å². The minimum Gasteiger partial charge on any atom is -0.493 e. The first-order valence-corrected chi connectivity index (χ1v) is 7.59. The van der Waals surface area contributed by atoms with E-state index in [9.17, 15) is 0 Å². The van der Waals surface area contributed by atoms with Crippen LogP contribution in [0, 0.1) is 13.8 Å². The summed E-state index contributed by atoms with van der Waals surface area (Å²) in [6.07, 6.45) is 3.67. The zero-order valence-corrected chi connectivity index (χ0v) is 13.0. The zero-order chi connectivity index (χ0) is 14.1. The molecule has 0 aliphatic rings. The number of unbranched alkanes of at least 4 members (excludes halogenated alkanes) is 2. The summed E-state index contributed by atoms with van der Waals surface area (Å²) in [7, 11) is 0. The van der Waals surface area contributed by atoms with Gasteiger partial charge in [-0.1, -0.05) is 26.0 Å². The number of hydrogen-bond donors (Lipinski definition) is 0. The Morgan fingerprint density at radius 1 is 1.00 bits per heavy atom. The molecule has 0 N–H and O–H groups in total. The van der Waals surface area contributed by atoms with Crippen LogP contribution in [0.2, 0.25) is 0 Å². The maximum atomic E-state index is 5.86. The van der Waals surface area contributed by atoms with Crippen LogP contribution >= 0.6 is 0 Å². The van der Waals surface area contributed by atoms with Crippen molar-refractivity contribution >= 4 is 0 Å². The van der Waals surface area contributed by atoms with Crippen LogP contribution in [0.4, 0.5) is 0 Å². The molecule has 1 rings (SSSR count). The van der Waals surface area contributed by atoms with Gasteiger partial charge in [0.25, 0.3) is 0 Å². The normalized spacial score (nSPS) is 11.0. The van der Waals surface area contributed by atoms with Crippen LogP contribution in [-0.2, 0) is 0 Å². The third kappa shape index (κ3) is 6.11. The third-order valence-corrected chi connectivity index (χ3v) is 3.61. The predicted octanol–water partition coefficient (Wildman–Crippen LogP) is 4.19. The minimum atomic E-state index is 0.836. The van der Waals surface area contributed by atoms with Gasteiger partial charge < -0.3 is 9.64 Å². The number of rotatable bonds is 9. The molecule has 0 unspecified atom stereocenters. The number of hydrogen-bond acceptors (Lipinski definition) is 2. The fourth-order valence-corrected chi connectivity index (χ4v) is 2.20. The standard InChI is InChI=1S/C17H29NO/c1-5-18(6-2)12-8-7-9-13-19-17-14-15(3)10-11-16(17)4/h10-11,14H,5-9,12-13H2,1-4H3. The summed E-state index contributed by atoms with van der Waals surface area (Å²) in [4.78, 5) is 2.48. The summed E-state index contributed by atoms with van der Waals surface area (Å²) in [5, 5.41) is 0. The molecule has 2 nitrogen and oxygen atoms in total. The van der Waals surface area contributed by atoms with Crippen molar-refractivity contribution in [3.63, 3.8) is 0 Å². The molecule has 1 aromatic carbocycles. The van der Waals surface area contributed by atoms with Gasteiger partial charge in [-0.05, 0) is 69.9 Å². The van der Waals surface area contributed by atoms with Gasteiger partial charge >= 0.3 is 0 Å². The van der Waals surface area contributed by atoms with Crippen molar-refractivity contribution in [2.24, 2.45) is 0 Å². The second kappa shape index (κ2) is 8.98. The number of ether oxygens (including phenoxy) is 1. The number of benzene rings is 1. The molecule has 19 heavy (non-hydrogen) atoms. The molecular formula is C17H29NO. The van der Waals surface area contributed by atoms with Gasteiger partial charge in [0.15, 0.2) is 0 Å². The highest BCUT2D eigenvalue weighted by atomic mass is 16.5. The van der Waals surface area contributed by atoms with Gasteiger partial charge in [0, 0.05) is 0 Å². The molecule has 0 radical (unpaired) electrons. The maximum absolute atomic E-state index is 5.86. The summed E-state index contributed by atoms with van der Waals surface area (Å²) >= 11 is 0. The Hall–Kier alpha value is -1.02. The van der Waals surface area contributed by atoms with E-state index >= 15 is 0 Å². The van der Waals surface area contributed by atoms with E-state index in [1.54, 1.807) is 0 Å². The predicted molar refractivity (Wildman–Crippen MR) is 83.1 cm³/mol. The monoisotopic (exact) mass is 263 g/mol. The van der Waals surface area contributed by atoms with E-state index in [1.807, 2.05) is 0 Å². The molecule has 0 atom stereocenters. The molecule has 108 valence electrons. The topological polar surface area (TPSA) is 12.5 Å². The first kappa shape index (κ1) is 16.0. The summed E-state index contributed by atoms with van der Waals surface area (Å²) in [6.45, 7) is 13.1. The van der Waals surface area contributed by atoms with Gasteiger partial charge in [-0.25, -0.2) is 0 Å². The van der Waals surface area contributed by atoms with Crippen molar-refractivity contribution in [1.82, 2.24) is 4.90 Å². The Balaban J connectivity index is 2.15. The molecule has 0 heterocycles. The molecule has 0 aliphatic heterocycles. The highest BCUT2D eigenvalue weighted by Gasteiger charge is 2.01. The van der Waals surface area contributed by atoms with E-state index in [1.165, 1.54) is 30.5 Å². The van der Waals surface area contributed by atoms with Gasteiger partial charge in [0.2, 0.25) is 0 Å². The molecule has 0 aromatic heterocycles. The van der Waals surface area contributed by atoms with Crippen LogP contribution in [-0.4, -0.2) is 31.1 Å². The quantitative estimate of drug-likeness (QED) is 0.619. The van der Waals surface area contributed by atoms with Crippen molar-refractivity contribution in [3.8, 4) is 5.75 Å². The molecule has 2 heteroatoms. The Labute approximate surface area is 118 Å². The van der Waals surface area contributed by atoms with Crippen LogP contribution in [0.5, 0.6) is 5.75 Å². The lowest BCUT2D eigenvalue weighted by Gasteiger charge is -2.17. The molecule has 0 spiro atoms. The SMILES string of the molecule is CCN(CC)CCCCCOc1cc(C)ccc1C. The highest BCUT2D eigenvalue weighted by Crippen LogP contribution is 2.19. The van der Waals surface area contributed by atoms with Crippen molar-refractivity contribution < 1.29 is 4.74 Å². The molecule has 0 saturated heterocycles. The van der Waals surface area contributed by atoms with Gasteiger partial charge in [0.1, 0.15) is 5.75 Å². The van der Waals surface area contributed by atoms with E-state index in [0.29, 0.717) is 0 Å². The second-order valence-electron chi connectivity index (χ2n) is 5.20. The van der Waals surface area contributed by atoms with Gasteiger partial charge in [0.05, 0.1) is 6.61 Å². The molecule has 0 saturated carbocycles. The van der Waals surface area contributed by atoms with E-state index in [2.05, 4.69) is 50.8 Å². The van der Waals surface area contributed by atoms with E-state index in [-0.39, 0.29) is 0 Å². The molecule has 0 fully saturated rings. The maximum Gasteiger partial charge on any atom is 0.122 e. The average Bonchev–Trinajstić information content (AvgIpc) is 2.42. The highest BCUT2D eigenvalue weighted by molar-refractivity contribution is 5.35. The Bertz CT molecular complexity index is 358. The van der Waals surface area contributed by atoms with E-state index < -0.39 is 0 Å². The van der Waals surface area contributed by atoms with Crippen molar-refractivity contribution in [1.29, 1.82) is 0 Å². The van der Waals surface area contributed by atoms with Crippen molar-refractivity contribution in [3.05, 3.63) is 29.3 Å². The second-order valence-corrected chi connectivity index (χ2v) is 5.20. The van der Waals surface area contributed by atoms with Crippen molar-refractivity contribution in [2.75, 3.05) is 26.2 Å². The summed E-state index contributed by atoms with van der Waals surface area (Å²) in [5.41, 5.74) is 2.50. The Kier molecular flexibility index (Phi) is 7.57. The summed E-state index contributed by atoms with van der Waals surface area (Å²) < 4.78 is 5.86. The first-order chi connectivity index (χ1) is 9.17. The molecule has 0 aliphatic carbocycles. The first-order valence-electron chi connectivity index (χ1n) is 7.59. The number of aryl methyl sites for hydroxylation is 2. The van der Waals surface area contributed by atoms with Gasteiger partial charge in [-0.3, -0.25) is 0 Å². The van der Waals surface area contributed by atoms with Crippen LogP contribution < -0.4 is 4.74 Å². The lowest BCUT2D eigenvalue weighted by Crippen LogP contribution is -2.23. The molecular weight excluding hydrogens is 234 g/mol. The average molecular weight is 263 g/mol. The lowest BCUT2D eigenvalue weighted by molar-refractivity contribution is 0.276. The largest absolute Gasteiger partial charge is 0.493 e. The minimum absolute atomic E-state index is 0.836. The van der Waals surface area contributed by atoms with Crippen LogP contribution in [0.1, 0.15) is 44.2 Å². The third-order valence-electron chi connectivity index (χ3n) is 3.61. The summed E-state index contributed by atoms with van der Waals surface area (Å²) in [5.74, 6) is 1.05. The molecule has 0 amide bonds.